The van der Waals surface area contributed by atoms with Crippen LogP contribution in [0.15, 0.2) is 23.7 Å². The van der Waals surface area contributed by atoms with Gasteiger partial charge in [0, 0.05) is 31.5 Å². The molecule has 1 aromatic heterocycles. The van der Waals surface area contributed by atoms with Gasteiger partial charge in [-0.2, -0.15) is 0 Å². The number of alkyl halides is 1. The number of unbranched alkanes of at least 4 members (excludes halogenated alkanes) is 2. The number of aromatic nitrogens is 1. The van der Waals surface area contributed by atoms with Crippen LogP contribution in [0, 0.1) is 12.3 Å². The number of thiazole rings is 1. The number of benzene rings is 1. The zero-order valence-corrected chi connectivity index (χ0v) is 30.5. The molecule has 49 heavy (non-hydrogen) atoms. The van der Waals surface area contributed by atoms with Crippen LogP contribution < -0.4 is 15.4 Å². The number of nitrogens with one attached hydrogen (secondary N) is 2. The quantitative estimate of drug-likeness (QED) is 0.184. The summed E-state index contributed by atoms with van der Waals surface area (Å²) in [7, 11) is 0. The first-order chi connectivity index (χ1) is 22.9. The number of ether oxygens (including phenoxy) is 2. The fourth-order valence-corrected chi connectivity index (χ4v) is 6.50. The van der Waals surface area contributed by atoms with Crippen LogP contribution in [0.5, 0.6) is 5.75 Å². The van der Waals surface area contributed by atoms with Crippen LogP contribution in [0.1, 0.15) is 97.7 Å². The Morgan fingerprint density at radius 3 is 2.45 bits per heavy atom. The number of aryl methyl sites for hydroxylation is 1. The maximum Gasteiger partial charge on any atom is 0.306 e. The molecule has 4 rings (SSSR count). The number of carbonyl (C=O) groups is 4. The second-order valence-electron chi connectivity index (χ2n) is 15.2. The van der Waals surface area contributed by atoms with Crippen molar-refractivity contribution in [2.75, 3.05) is 13.2 Å². The Bertz CT molecular complexity index is 1510. The number of hydrogen-bond donors (Lipinski definition) is 3. The standard InChI is InChI=1S/C36H51FN4O7S/c1-22-29(49-21-39-22)23-12-13-24(27(17-23)47-16-10-8-9-11-28(43)48-35(5,6)7)19-38-31(44)26-18-25(42)20-41(26)32(45)30(34(2,3)4)40-33(46)36(37)14-15-36/h12-13,17,21,25-26,30,42H,8-11,14-16,18-20H2,1-7H3,(H,38,44)(H,40,46)/t25-,26+,30-/m1/s1. The topological polar surface area (TPSA) is 147 Å². The van der Waals surface area contributed by atoms with Crippen molar-refractivity contribution < 1.29 is 38.1 Å². The van der Waals surface area contributed by atoms with Gasteiger partial charge in [0.2, 0.25) is 11.8 Å². The van der Waals surface area contributed by atoms with Crippen LogP contribution >= 0.6 is 11.3 Å². The Balaban J connectivity index is 1.42. The van der Waals surface area contributed by atoms with E-state index in [1.807, 2.05) is 45.9 Å². The SMILES string of the molecule is Cc1ncsc1-c1ccc(CNC(=O)[C@@H]2C[C@@H](O)CN2C(=O)[C@@H](NC(=O)C2(F)CC2)C(C)(C)C)c(OCCCCCC(=O)OC(C)(C)C)c1. The van der Waals surface area contributed by atoms with E-state index in [-0.39, 0.29) is 38.3 Å². The Morgan fingerprint density at radius 1 is 1.12 bits per heavy atom. The molecule has 3 atom stereocenters. The molecule has 1 aliphatic heterocycles. The van der Waals surface area contributed by atoms with E-state index in [1.165, 1.54) is 16.2 Å². The third-order valence-electron chi connectivity index (χ3n) is 8.58. The highest BCUT2D eigenvalue weighted by Gasteiger charge is 2.53. The Hall–Kier alpha value is -3.58. The molecule has 270 valence electrons. The van der Waals surface area contributed by atoms with Gasteiger partial charge >= 0.3 is 5.97 Å². The molecule has 2 heterocycles. The number of hydrogen-bond acceptors (Lipinski definition) is 9. The average Bonchev–Trinajstić information content (AvgIpc) is 3.41. The number of nitrogens with zero attached hydrogens (tertiary/aromatic N) is 2. The van der Waals surface area contributed by atoms with E-state index < -0.39 is 52.6 Å². The van der Waals surface area contributed by atoms with Crippen molar-refractivity contribution in [2.24, 2.45) is 5.41 Å². The van der Waals surface area contributed by atoms with Gasteiger partial charge in [0.1, 0.15) is 23.4 Å². The molecule has 2 aromatic rings. The van der Waals surface area contributed by atoms with E-state index in [0.29, 0.717) is 31.6 Å². The maximum atomic E-state index is 14.5. The first-order valence-corrected chi connectivity index (χ1v) is 17.9. The molecule has 0 bridgehead atoms. The minimum absolute atomic E-state index is 0.0334. The summed E-state index contributed by atoms with van der Waals surface area (Å²) < 4.78 is 26.1. The van der Waals surface area contributed by atoms with Gasteiger partial charge in [0.05, 0.1) is 28.8 Å². The van der Waals surface area contributed by atoms with Crippen molar-refractivity contribution in [3.8, 4) is 16.2 Å². The average molecular weight is 703 g/mol. The molecule has 1 saturated carbocycles. The van der Waals surface area contributed by atoms with Gasteiger partial charge in [0.25, 0.3) is 5.91 Å². The number of halogens is 1. The molecule has 0 radical (unpaired) electrons. The second-order valence-corrected chi connectivity index (χ2v) is 16.0. The fraction of sp³-hybridized carbons (Fsp3) is 0.639. The summed E-state index contributed by atoms with van der Waals surface area (Å²) in [4.78, 5) is 58.6. The van der Waals surface area contributed by atoms with Crippen molar-refractivity contribution in [1.82, 2.24) is 20.5 Å². The molecule has 1 aromatic carbocycles. The zero-order valence-electron chi connectivity index (χ0n) is 29.7. The van der Waals surface area contributed by atoms with E-state index in [1.54, 1.807) is 26.3 Å². The van der Waals surface area contributed by atoms with Gasteiger partial charge in [-0.1, -0.05) is 32.9 Å². The summed E-state index contributed by atoms with van der Waals surface area (Å²) in [6.07, 6.45) is 1.83. The van der Waals surface area contributed by atoms with Gasteiger partial charge in [0.15, 0.2) is 5.67 Å². The van der Waals surface area contributed by atoms with Crippen molar-refractivity contribution in [3.05, 3.63) is 35.0 Å². The van der Waals surface area contributed by atoms with Crippen LogP contribution in [0.3, 0.4) is 0 Å². The minimum atomic E-state index is -1.96. The van der Waals surface area contributed by atoms with Gasteiger partial charge in [-0.05, 0) is 76.8 Å². The van der Waals surface area contributed by atoms with Crippen molar-refractivity contribution in [1.29, 1.82) is 0 Å². The third-order valence-corrected chi connectivity index (χ3v) is 9.56. The first-order valence-electron chi connectivity index (χ1n) is 17.0. The van der Waals surface area contributed by atoms with E-state index in [4.69, 9.17) is 9.47 Å². The summed E-state index contributed by atoms with van der Waals surface area (Å²) in [6, 6.07) is 3.69. The molecule has 3 amide bonds. The lowest BCUT2D eigenvalue weighted by Crippen LogP contribution is -2.59. The highest BCUT2D eigenvalue weighted by Crippen LogP contribution is 2.40. The molecule has 13 heteroatoms. The van der Waals surface area contributed by atoms with Crippen molar-refractivity contribution in [2.45, 2.75) is 129 Å². The van der Waals surface area contributed by atoms with Crippen LogP contribution in [0.25, 0.3) is 10.4 Å². The number of aliphatic hydroxyl groups excluding tert-OH is 1. The lowest BCUT2D eigenvalue weighted by atomic mass is 9.85. The molecule has 1 aliphatic carbocycles. The van der Waals surface area contributed by atoms with Gasteiger partial charge in [-0.15, -0.1) is 11.3 Å². The molecule has 2 aliphatic rings. The normalized spacial score (nSPS) is 19.2. The smallest absolute Gasteiger partial charge is 0.306 e. The second kappa shape index (κ2) is 15.5. The Labute approximate surface area is 292 Å². The molecular formula is C36H51FN4O7S. The van der Waals surface area contributed by atoms with Crippen LogP contribution in [0.2, 0.25) is 0 Å². The van der Waals surface area contributed by atoms with E-state index in [2.05, 4.69) is 15.6 Å². The van der Waals surface area contributed by atoms with Gasteiger partial charge in [-0.3, -0.25) is 19.2 Å². The highest BCUT2D eigenvalue weighted by molar-refractivity contribution is 7.13. The number of amides is 3. The van der Waals surface area contributed by atoms with Crippen LogP contribution in [-0.4, -0.2) is 81.3 Å². The number of aliphatic hydroxyl groups is 1. The van der Waals surface area contributed by atoms with Crippen LogP contribution in [0.4, 0.5) is 4.39 Å². The predicted molar refractivity (Wildman–Crippen MR) is 185 cm³/mol. The highest BCUT2D eigenvalue weighted by atomic mass is 32.1. The Morgan fingerprint density at radius 2 is 1.84 bits per heavy atom. The number of β-amino-alcohol motifs (C(OH)–C–C–N with tert-alkyl or cyclic N) is 1. The summed E-state index contributed by atoms with van der Waals surface area (Å²) >= 11 is 1.52. The number of rotatable bonds is 14. The predicted octanol–water partition coefficient (Wildman–Crippen LogP) is 5.01. The molecule has 1 saturated heterocycles. The summed E-state index contributed by atoms with van der Waals surface area (Å²) in [5, 5.41) is 16.0. The summed E-state index contributed by atoms with van der Waals surface area (Å²) in [5.74, 6) is -1.45. The zero-order chi connectivity index (χ0) is 36.1. The minimum Gasteiger partial charge on any atom is -0.493 e. The van der Waals surface area contributed by atoms with Crippen molar-refractivity contribution in [3.63, 3.8) is 0 Å². The molecule has 3 N–H and O–H groups in total. The van der Waals surface area contributed by atoms with E-state index in [9.17, 15) is 28.7 Å². The van der Waals surface area contributed by atoms with E-state index >= 15 is 0 Å². The number of carbonyl (C=O) groups excluding carboxylic acids is 4. The largest absolute Gasteiger partial charge is 0.493 e. The molecular weight excluding hydrogens is 651 g/mol. The maximum absolute atomic E-state index is 14.5. The van der Waals surface area contributed by atoms with Crippen LogP contribution in [-0.2, 0) is 30.5 Å². The monoisotopic (exact) mass is 702 g/mol. The van der Waals surface area contributed by atoms with Gasteiger partial charge in [-0.25, -0.2) is 9.37 Å². The number of esters is 1. The molecule has 11 nitrogen and oxygen atoms in total. The molecule has 0 spiro atoms. The van der Waals surface area contributed by atoms with E-state index in [0.717, 1.165) is 28.1 Å². The summed E-state index contributed by atoms with van der Waals surface area (Å²) in [5.41, 5.74) is 1.09. The molecule has 0 unspecified atom stereocenters. The third kappa shape index (κ3) is 10.5. The lowest BCUT2D eigenvalue weighted by Gasteiger charge is -2.35. The van der Waals surface area contributed by atoms with Gasteiger partial charge < -0.3 is 30.1 Å². The summed E-state index contributed by atoms with van der Waals surface area (Å²) in [6.45, 7) is 13.2. The molecule has 2 fully saturated rings. The number of likely N-dealkylation sites (tertiary alicyclic amines) is 1. The Kier molecular flexibility index (Phi) is 12.1. The fourth-order valence-electron chi connectivity index (χ4n) is 5.70. The lowest BCUT2D eigenvalue weighted by molar-refractivity contribution is -0.155. The first kappa shape index (κ1) is 38.2. The van der Waals surface area contributed by atoms with Crippen molar-refractivity contribution >= 4 is 35.0 Å².